The Balaban J connectivity index is 1.22. The fraction of sp³-hybridized carbons (Fsp3) is 0.161. The standard InChI is InChI=1S/C31H25N3O4S2/c1-20-9-14-25-27(16-20)40-30(32-25)21-10-12-22(13-11-21)34-28(35)17-26(31(34)37)33(18-24-8-5-15-39-24)29(36)19-38-23-6-3-2-4-7-23/h2-16,26H,17-19H2,1H3. The summed E-state index contributed by atoms with van der Waals surface area (Å²) in [4.78, 5) is 48.4. The lowest BCUT2D eigenvalue weighted by Gasteiger charge is -2.27. The number of benzene rings is 3. The fourth-order valence-electron chi connectivity index (χ4n) is 4.73. The monoisotopic (exact) mass is 567 g/mol. The van der Waals surface area contributed by atoms with Gasteiger partial charge in [-0.1, -0.05) is 30.3 Å². The van der Waals surface area contributed by atoms with Crippen LogP contribution >= 0.6 is 22.7 Å². The minimum atomic E-state index is -0.909. The molecule has 0 saturated carbocycles. The van der Waals surface area contributed by atoms with Gasteiger partial charge in [0.25, 0.3) is 11.8 Å². The van der Waals surface area contributed by atoms with E-state index in [1.54, 1.807) is 35.6 Å². The molecule has 0 bridgehead atoms. The molecule has 6 rings (SSSR count). The summed E-state index contributed by atoms with van der Waals surface area (Å²) in [5.74, 6) is -0.554. The molecule has 9 heteroatoms. The molecule has 1 atom stereocenters. The Labute approximate surface area is 239 Å². The van der Waals surface area contributed by atoms with Crippen LogP contribution in [-0.4, -0.2) is 40.3 Å². The highest BCUT2D eigenvalue weighted by Crippen LogP contribution is 2.33. The molecule has 2 aromatic heterocycles. The number of aromatic nitrogens is 1. The number of imide groups is 1. The van der Waals surface area contributed by atoms with Gasteiger partial charge in [0.15, 0.2) is 6.61 Å². The Hall–Kier alpha value is -4.34. The van der Waals surface area contributed by atoms with Crippen LogP contribution in [0.5, 0.6) is 5.75 Å². The predicted molar refractivity (Wildman–Crippen MR) is 157 cm³/mol. The third-order valence-corrected chi connectivity index (χ3v) is 8.68. The van der Waals surface area contributed by atoms with Gasteiger partial charge in [0, 0.05) is 10.4 Å². The van der Waals surface area contributed by atoms with Gasteiger partial charge in [0.05, 0.1) is 28.9 Å². The maximum absolute atomic E-state index is 13.6. The lowest BCUT2D eigenvalue weighted by Crippen LogP contribution is -2.46. The summed E-state index contributed by atoms with van der Waals surface area (Å²) in [7, 11) is 0. The number of fused-ring (bicyclic) bond motifs is 1. The number of carbonyl (C=O) groups is 3. The second kappa shape index (κ2) is 11.0. The number of para-hydroxylation sites is 1. The van der Waals surface area contributed by atoms with Crippen LogP contribution in [0, 0.1) is 6.92 Å². The molecule has 3 amide bonds. The van der Waals surface area contributed by atoms with Crippen molar-refractivity contribution < 1.29 is 19.1 Å². The predicted octanol–water partition coefficient (Wildman–Crippen LogP) is 6.07. The second-order valence-electron chi connectivity index (χ2n) is 9.53. The average Bonchev–Trinajstić information content (AvgIpc) is 3.70. The maximum atomic E-state index is 13.6. The summed E-state index contributed by atoms with van der Waals surface area (Å²) in [6, 6.07) is 25.4. The highest BCUT2D eigenvalue weighted by atomic mass is 32.1. The van der Waals surface area contributed by atoms with Crippen molar-refractivity contribution >= 4 is 56.3 Å². The number of rotatable bonds is 8. The molecule has 40 heavy (non-hydrogen) atoms. The van der Waals surface area contributed by atoms with Crippen molar-refractivity contribution in [2.45, 2.75) is 25.9 Å². The highest BCUT2D eigenvalue weighted by Gasteiger charge is 2.44. The van der Waals surface area contributed by atoms with E-state index >= 15 is 0 Å². The van der Waals surface area contributed by atoms with Crippen molar-refractivity contribution in [2.24, 2.45) is 0 Å². The van der Waals surface area contributed by atoms with E-state index in [1.165, 1.54) is 26.7 Å². The summed E-state index contributed by atoms with van der Waals surface area (Å²) in [6.07, 6.45) is -0.0831. The van der Waals surface area contributed by atoms with Crippen molar-refractivity contribution in [1.29, 1.82) is 0 Å². The summed E-state index contributed by atoms with van der Waals surface area (Å²) in [6.45, 7) is 2.04. The van der Waals surface area contributed by atoms with E-state index in [0.717, 1.165) is 25.7 Å². The van der Waals surface area contributed by atoms with Crippen LogP contribution in [0.1, 0.15) is 16.9 Å². The van der Waals surface area contributed by atoms with Gasteiger partial charge in [-0.3, -0.25) is 14.4 Å². The van der Waals surface area contributed by atoms with Crippen LogP contribution in [-0.2, 0) is 20.9 Å². The first-order valence-corrected chi connectivity index (χ1v) is 14.5. The zero-order chi connectivity index (χ0) is 27.6. The van der Waals surface area contributed by atoms with E-state index in [-0.39, 0.29) is 31.4 Å². The molecule has 3 heterocycles. The Bertz CT molecular complexity index is 1680. The zero-order valence-corrected chi connectivity index (χ0v) is 23.3. The van der Waals surface area contributed by atoms with Gasteiger partial charge >= 0.3 is 0 Å². The van der Waals surface area contributed by atoms with Crippen molar-refractivity contribution in [3.8, 4) is 16.3 Å². The third kappa shape index (κ3) is 5.25. The Kier molecular flexibility index (Phi) is 7.15. The lowest BCUT2D eigenvalue weighted by atomic mass is 10.2. The van der Waals surface area contributed by atoms with E-state index < -0.39 is 11.9 Å². The fourth-order valence-corrected chi connectivity index (χ4v) is 6.50. The number of nitrogens with zero attached hydrogens (tertiary/aromatic N) is 3. The number of aryl methyl sites for hydroxylation is 1. The number of hydrogen-bond acceptors (Lipinski definition) is 7. The molecule has 7 nitrogen and oxygen atoms in total. The first-order chi connectivity index (χ1) is 19.5. The largest absolute Gasteiger partial charge is 0.484 e. The first-order valence-electron chi connectivity index (χ1n) is 12.8. The summed E-state index contributed by atoms with van der Waals surface area (Å²) >= 11 is 3.10. The Morgan fingerprint density at radius 3 is 2.58 bits per heavy atom. The van der Waals surface area contributed by atoms with Gasteiger partial charge in [-0.05, 0) is 72.5 Å². The quantitative estimate of drug-likeness (QED) is 0.213. The number of thiophene rings is 1. The third-order valence-electron chi connectivity index (χ3n) is 6.75. The minimum absolute atomic E-state index is 0.0831. The number of amides is 3. The number of ether oxygens (including phenoxy) is 1. The molecule has 0 spiro atoms. The number of carbonyl (C=O) groups excluding carboxylic acids is 3. The molecule has 0 N–H and O–H groups in total. The summed E-state index contributed by atoms with van der Waals surface area (Å²) in [5, 5.41) is 2.79. The second-order valence-corrected chi connectivity index (χ2v) is 11.6. The van der Waals surface area contributed by atoms with Crippen LogP contribution in [0.25, 0.3) is 20.8 Å². The molecule has 0 radical (unpaired) electrons. The van der Waals surface area contributed by atoms with Gasteiger partial charge in [0.2, 0.25) is 5.91 Å². The van der Waals surface area contributed by atoms with Crippen LogP contribution in [0.2, 0.25) is 0 Å². The Morgan fingerprint density at radius 2 is 1.82 bits per heavy atom. The molecule has 1 aliphatic heterocycles. The molecule has 200 valence electrons. The van der Waals surface area contributed by atoms with Crippen LogP contribution in [0.15, 0.2) is 90.3 Å². The van der Waals surface area contributed by atoms with E-state index in [2.05, 4.69) is 13.0 Å². The highest BCUT2D eigenvalue weighted by molar-refractivity contribution is 7.21. The maximum Gasteiger partial charge on any atom is 0.261 e. The smallest absolute Gasteiger partial charge is 0.261 e. The molecular formula is C31H25N3O4S2. The van der Waals surface area contributed by atoms with E-state index in [4.69, 9.17) is 9.72 Å². The van der Waals surface area contributed by atoms with Gasteiger partial charge in [0.1, 0.15) is 16.8 Å². The van der Waals surface area contributed by atoms with E-state index in [9.17, 15) is 14.4 Å². The van der Waals surface area contributed by atoms with Crippen LogP contribution in [0.4, 0.5) is 5.69 Å². The molecule has 0 aliphatic carbocycles. The minimum Gasteiger partial charge on any atom is -0.484 e. The van der Waals surface area contributed by atoms with Crippen molar-refractivity contribution in [2.75, 3.05) is 11.5 Å². The van der Waals surface area contributed by atoms with Crippen molar-refractivity contribution in [3.05, 3.63) is 101 Å². The van der Waals surface area contributed by atoms with E-state index in [0.29, 0.717) is 11.4 Å². The zero-order valence-electron chi connectivity index (χ0n) is 21.7. The molecule has 3 aromatic carbocycles. The van der Waals surface area contributed by atoms with Crippen LogP contribution in [0.3, 0.4) is 0 Å². The van der Waals surface area contributed by atoms with E-state index in [1.807, 2.05) is 60.0 Å². The number of thiazole rings is 1. The molecule has 1 saturated heterocycles. The number of anilines is 1. The van der Waals surface area contributed by atoms with Gasteiger partial charge in [-0.2, -0.15) is 0 Å². The summed E-state index contributed by atoms with van der Waals surface area (Å²) in [5.41, 5.74) is 3.50. The number of hydrogen-bond donors (Lipinski definition) is 0. The first kappa shape index (κ1) is 25.9. The normalized spacial score (nSPS) is 15.1. The summed E-state index contributed by atoms with van der Waals surface area (Å²) < 4.78 is 6.79. The van der Waals surface area contributed by atoms with Gasteiger partial charge in [-0.15, -0.1) is 22.7 Å². The molecule has 1 fully saturated rings. The van der Waals surface area contributed by atoms with Gasteiger partial charge in [-0.25, -0.2) is 9.88 Å². The lowest BCUT2D eigenvalue weighted by molar-refractivity contribution is -0.140. The van der Waals surface area contributed by atoms with Crippen molar-refractivity contribution in [1.82, 2.24) is 9.88 Å². The molecule has 1 aliphatic rings. The topological polar surface area (TPSA) is 79.8 Å². The van der Waals surface area contributed by atoms with Crippen LogP contribution < -0.4 is 9.64 Å². The van der Waals surface area contributed by atoms with Crippen molar-refractivity contribution in [3.63, 3.8) is 0 Å². The molecule has 5 aromatic rings. The average molecular weight is 568 g/mol. The van der Waals surface area contributed by atoms with Gasteiger partial charge < -0.3 is 9.64 Å². The Morgan fingerprint density at radius 1 is 1.02 bits per heavy atom. The molecule has 1 unspecified atom stereocenters. The molecular weight excluding hydrogens is 542 g/mol. The SMILES string of the molecule is Cc1ccc2nc(-c3ccc(N4C(=O)CC(N(Cc5cccs5)C(=O)COc5ccccc5)C4=O)cc3)sc2c1.